The van der Waals surface area contributed by atoms with Crippen molar-refractivity contribution in [2.75, 3.05) is 0 Å². The summed E-state index contributed by atoms with van der Waals surface area (Å²) in [6.45, 7) is 5.37. The molecule has 0 aliphatic rings. The van der Waals surface area contributed by atoms with Crippen molar-refractivity contribution in [3.63, 3.8) is 0 Å². The fraction of sp³-hybridized carbons (Fsp3) is 0.375. The van der Waals surface area contributed by atoms with E-state index in [1.807, 2.05) is 0 Å². The van der Waals surface area contributed by atoms with Gasteiger partial charge in [0.15, 0.2) is 0 Å². The average molecular weight is 363 g/mol. The zero-order chi connectivity index (χ0) is 19.1. The molecule has 27 heavy (non-hydrogen) atoms. The summed E-state index contributed by atoms with van der Waals surface area (Å²) in [6, 6.07) is 15.1. The van der Waals surface area contributed by atoms with Gasteiger partial charge in [0.05, 0.1) is 6.21 Å². The zero-order valence-corrected chi connectivity index (χ0v) is 16.5. The van der Waals surface area contributed by atoms with Gasteiger partial charge in [0.2, 0.25) is 0 Å². The fourth-order valence-electron chi connectivity index (χ4n) is 3.74. The number of benzene rings is 2. The molecule has 0 bridgehead atoms. The molecule has 0 amide bonds. The number of nitrogens with zero attached hydrogens (tertiary/aromatic N) is 2. The molecule has 0 unspecified atom stereocenters. The van der Waals surface area contributed by atoms with Crippen LogP contribution in [0.1, 0.15) is 56.6 Å². The molecular formula is C24H30N2O. The van der Waals surface area contributed by atoms with Crippen LogP contribution in [0.3, 0.4) is 0 Å². The highest BCUT2D eigenvalue weighted by Gasteiger charge is 2.09. The highest BCUT2D eigenvalue weighted by atomic mass is 16.4. The normalized spacial score (nSPS) is 11.6. The quantitative estimate of drug-likeness (QED) is 0.194. The van der Waals surface area contributed by atoms with Crippen molar-refractivity contribution in [1.82, 2.24) is 4.57 Å². The summed E-state index contributed by atoms with van der Waals surface area (Å²) in [7, 11) is 0. The van der Waals surface area contributed by atoms with Crippen molar-refractivity contribution in [3.8, 4) is 11.1 Å². The molecule has 0 spiro atoms. The molecule has 0 saturated heterocycles. The van der Waals surface area contributed by atoms with Crippen molar-refractivity contribution in [2.24, 2.45) is 5.16 Å². The maximum Gasteiger partial charge on any atom is 0.0755 e. The Balaban J connectivity index is 1.84. The Hall–Kier alpha value is -2.55. The van der Waals surface area contributed by atoms with Crippen LogP contribution in [0.5, 0.6) is 0 Å². The minimum atomic E-state index is 0.966. The molecule has 0 fully saturated rings. The molecular weight excluding hydrogens is 332 g/mol. The molecule has 3 nitrogen and oxygen atoms in total. The van der Waals surface area contributed by atoms with Gasteiger partial charge in [-0.15, -0.1) is 0 Å². The molecule has 3 heteroatoms. The first-order chi connectivity index (χ1) is 13.2. The number of hydrogen-bond acceptors (Lipinski definition) is 2. The second kappa shape index (κ2) is 9.40. The van der Waals surface area contributed by atoms with E-state index in [1.54, 1.807) is 6.21 Å². The number of hydrogen-bond donors (Lipinski definition) is 1. The molecule has 0 aliphatic heterocycles. The van der Waals surface area contributed by atoms with E-state index >= 15 is 0 Å². The fourth-order valence-corrected chi connectivity index (χ4v) is 3.74. The first kappa shape index (κ1) is 19.2. The molecule has 2 aromatic carbocycles. The summed E-state index contributed by atoms with van der Waals surface area (Å²) in [4.78, 5) is 0. The Morgan fingerprint density at radius 1 is 0.963 bits per heavy atom. The number of oxime groups is 1. The molecule has 0 aliphatic carbocycles. The predicted octanol–water partition coefficient (Wildman–Crippen LogP) is 6.79. The van der Waals surface area contributed by atoms with Crippen molar-refractivity contribution in [2.45, 2.75) is 58.9 Å². The van der Waals surface area contributed by atoms with E-state index in [-0.39, 0.29) is 0 Å². The van der Waals surface area contributed by atoms with Gasteiger partial charge in [0, 0.05) is 29.2 Å². The van der Waals surface area contributed by atoms with Gasteiger partial charge in [-0.3, -0.25) is 0 Å². The SMILES string of the molecule is CCCCCCCCn1cc(/C=N\O)c2cc(-c3cccc(C)c3)ccc21. The lowest BCUT2D eigenvalue weighted by Crippen LogP contribution is -1.96. The van der Waals surface area contributed by atoms with E-state index < -0.39 is 0 Å². The van der Waals surface area contributed by atoms with Crippen molar-refractivity contribution >= 4 is 17.1 Å². The minimum absolute atomic E-state index is 0.966. The molecule has 1 N–H and O–H groups in total. The third-order valence-electron chi connectivity index (χ3n) is 5.21. The molecule has 0 radical (unpaired) electrons. The standard InChI is InChI=1S/C24H30N2O/c1-3-4-5-6-7-8-14-26-18-22(17-25-27)23-16-21(12-13-24(23)26)20-11-9-10-19(2)15-20/h9-13,15-18,27H,3-8,14H2,1-2H3/b25-17-. The van der Waals surface area contributed by atoms with E-state index in [2.05, 4.69) is 72.2 Å². The maximum absolute atomic E-state index is 9.07. The van der Waals surface area contributed by atoms with E-state index in [0.29, 0.717) is 0 Å². The third-order valence-corrected chi connectivity index (χ3v) is 5.21. The van der Waals surface area contributed by atoms with Gasteiger partial charge in [-0.1, -0.05) is 80.1 Å². The summed E-state index contributed by atoms with van der Waals surface area (Å²) in [6.07, 6.45) is 11.4. The number of aromatic nitrogens is 1. The zero-order valence-electron chi connectivity index (χ0n) is 16.5. The van der Waals surface area contributed by atoms with Gasteiger partial charge in [-0.25, -0.2) is 0 Å². The second-order valence-electron chi connectivity index (χ2n) is 7.39. The van der Waals surface area contributed by atoms with Crippen molar-refractivity contribution in [3.05, 3.63) is 59.8 Å². The molecule has 0 atom stereocenters. The highest BCUT2D eigenvalue weighted by Crippen LogP contribution is 2.28. The first-order valence-corrected chi connectivity index (χ1v) is 10.1. The number of aryl methyl sites for hydroxylation is 2. The molecule has 0 saturated carbocycles. The molecule has 1 aromatic heterocycles. The van der Waals surface area contributed by atoms with Crippen molar-refractivity contribution < 1.29 is 5.21 Å². The Morgan fingerprint density at radius 2 is 1.74 bits per heavy atom. The number of rotatable bonds is 9. The van der Waals surface area contributed by atoms with Crippen LogP contribution in [0.15, 0.2) is 53.8 Å². The Kier molecular flexibility index (Phi) is 6.69. The van der Waals surface area contributed by atoms with Crippen LogP contribution in [0, 0.1) is 6.92 Å². The van der Waals surface area contributed by atoms with Gasteiger partial charge < -0.3 is 9.77 Å². The van der Waals surface area contributed by atoms with Crippen LogP contribution in [-0.4, -0.2) is 16.0 Å². The summed E-state index contributed by atoms with van der Waals surface area (Å²) in [5.74, 6) is 0. The highest BCUT2D eigenvalue weighted by molar-refractivity contribution is 6.01. The largest absolute Gasteiger partial charge is 0.411 e. The van der Waals surface area contributed by atoms with E-state index in [4.69, 9.17) is 5.21 Å². The lowest BCUT2D eigenvalue weighted by atomic mass is 10.0. The van der Waals surface area contributed by atoms with Crippen LogP contribution >= 0.6 is 0 Å². The van der Waals surface area contributed by atoms with Crippen LogP contribution in [0.4, 0.5) is 0 Å². The van der Waals surface area contributed by atoms with Gasteiger partial charge in [-0.2, -0.15) is 0 Å². The van der Waals surface area contributed by atoms with E-state index in [0.717, 1.165) is 17.5 Å². The maximum atomic E-state index is 9.07. The third kappa shape index (κ3) is 4.79. The second-order valence-corrected chi connectivity index (χ2v) is 7.39. The first-order valence-electron chi connectivity index (χ1n) is 10.1. The Bertz CT molecular complexity index is 908. The summed E-state index contributed by atoms with van der Waals surface area (Å²) in [5.41, 5.74) is 5.83. The smallest absolute Gasteiger partial charge is 0.0755 e. The monoisotopic (exact) mass is 362 g/mol. The van der Waals surface area contributed by atoms with E-state index in [1.165, 1.54) is 60.7 Å². The Labute approximate surface area is 162 Å². The van der Waals surface area contributed by atoms with Crippen LogP contribution in [0.2, 0.25) is 0 Å². The van der Waals surface area contributed by atoms with Gasteiger partial charge >= 0.3 is 0 Å². The summed E-state index contributed by atoms with van der Waals surface area (Å²) >= 11 is 0. The average Bonchev–Trinajstić information content (AvgIpc) is 3.02. The number of fused-ring (bicyclic) bond motifs is 1. The van der Waals surface area contributed by atoms with Gasteiger partial charge in [0.1, 0.15) is 0 Å². The van der Waals surface area contributed by atoms with Gasteiger partial charge in [0.25, 0.3) is 0 Å². The van der Waals surface area contributed by atoms with Gasteiger partial charge in [-0.05, 0) is 36.6 Å². The van der Waals surface area contributed by atoms with Crippen LogP contribution in [-0.2, 0) is 6.54 Å². The van der Waals surface area contributed by atoms with Crippen molar-refractivity contribution in [1.29, 1.82) is 0 Å². The number of unbranched alkanes of at least 4 members (excludes halogenated alkanes) is 5. The van der Waals surface area contributed by atoms with E-state index in [9.17, 15) is 0 Å². The Morgan fingerprint density at radius 3 is 2.52 bits per heavy atom. The molecule has 3 rings (SSSR count). The lowest BCUT2D eigenvalue weighted by molar-refractivity contribution is 0.322. The minimum Gasteiger partial charge on any atom is -0.411 e. The summed E-state index contributed by atoms with van der Waals surface area (Å²) in [5, 5.41) is 13.5. The van der Waals surface area contributed by atoms with Crippen LogP contribution < -0.4 is 0 Å². The lowest BCUT2D eigenvalue weighted by Gasteiger charge is -2.07. The molecule has 1 heterocycles. The molecule has 142 valence electrons. The van der Waals surface area contributed by atoms with Crippen LogP contribution in [0.25, 0.3) is 22.0 Å². The predicted molar refractivity (Wildman–Crippen MR) is 115 cm³/mol. The molecule has 3 aromatic rings. The topological polar surface area (TPSA) is 37.5 Å². The summed E-state index contributed by atoms with van der Waals surface area (Å²) < 4.78 is 2.30.